The summed E-state index contributed by atoms with van der Waals surface area (Å²) in [6, 6.07) is 11.6. The average Bonchev–Trinajstić information content (AvgIpc) is 2.44. The van der Waals surface area contributed by atoms with Crippen LogP contribution in [0.3, 0.4) is 0 Å². The zero-order valence-electron chi connectivity index (χ0n) is 10.9. The number of benzene rings is 2. The molecule has 0 heterocycles. The van der Waals surface area contributed by atoms with Crippen LogP contribution in [0.25, 0.3) is 0 Å². The number of rotatable bonds is 3. The first kappa shape index (κ1) is 16.0. The molecule has 0 aliphatic heterocycles. The van der Waals surface area contributed by atoms with Gasteiger partial charge in [-0.05, 0) is 24.3 Å². The van der Waals surface area contributed by atoms with E-state index in [2.05, 4.69) is 0 Å². The molecule has 0 amide bonds. The molecule has 0 N–H and O–H groups in total. The largest absolute Gasteiger partial charge is 0.503 e. The number of para-hydroxylation sites is 2. The van der Waals surface area contributed by atoms with Gasteiger partial charge in [0.25, 0.3) is 0 Å². The lowest BCUT2D eigenvalue weighted by Gasteiger charge is -2.39. The van der Waals surface area contributed by atoms with Crippen LogP contribution in [0.2, 0.25) is 0 Å². The molecular formula is C14H10F6N2. The molecule has 2 aromatic carbocycles. The second kappa shape index (κ2) is 5.78. The quantitative estimate of drug-likeness (QED) is 0.448. The SMILES string of the molecule is FC(F)(F)N(c1ccccc1)N(c1ccccc1)C(F)(F)F. The molecule has 0 saturated heterocycles. The Balaban J connectivity index is 2.60. The highest BCUT2D eigenvalue weighted by Crippen LogP contribution is 2.38. The van der Waals surface area contributed by atoms with Crippen LogP contribution in [0.15, 0.2) is 60.7 Å². The van der Waals surface area contributed by atoms with Gasteiger partial charge < -0.3 is 0 Å². The summed E-state index contributed by atoms with van der Waals surface area (Å²) in [6.07, 6.45) is -10.5. The van der Waals surface area contributed by atoms with Crippen LogP contribution in [0.1, 0.15) is 0 Å². The highest BCUT2D eigenvalue weighted by Gasteiger charge is 2.52. The highest BCUT2D eigenvalue weighted by atomic mass is 19.4. The van der Waals surface area contributed by atoms with E-state index in [0.29, 0.717) is 0 Å². The van der Waals surface area contributed by atoms with Gasteiger partial charge in [-0.1, -0.05) is 36.4 Å². The lowest BCUT2D eigenvalue weighted by molar-refractivity contribution is -0.177. The second-order valence-electron chi connectivity index (χ2n) is 4.23. The number of hydrazine groups is 1. The third kappa shape index (κ3) is 3.44. The summed E-state index contributed by atoms with van der Waals surface area (Å²) in [5, 5.41) is -1.47. The first-order chi connectivity index (χ1) is 10.2. The number of halogens is 6. The molecule has 0 aromatic heterocycles. The van der Waals surface area contributed by atoms with Crippen molar-refractivity contribution >= 4 is 11.4 Å². The maximum absolute atomic E-state index is 13.3. The van der Waals surface area contributed by atoms with Crippen LogP contribution in [-0.2, 0) is 0 Å². The Labute approximate surface area is 122 Å². The summed E-state index contributed by atoms with van der Waals surface area (Å²) in [6.45, 7) is 0. The maximum Gasteiger partial charge on any atom is 0.503 e. The minimum absolute atomic E-state index is 0.642. The minimum atomic E-state index is -5.26. The standard InChI is InChI=1S/C14H10F6N2/c15-13(16,17)21(11-7-3-1-4-8-11)22(14(18,19)20)12-9-5-2-6-10-12/h1-10H. The lowest BCUT2D eigenvalue weighted by Crippen LogP contribution is -2.58. The molecule has 2 rings (SSSR count). The Morgan fingerprint density at radius 1 is 0.500 bits per heavy atom. The molecule has 8 heteroatoms. The zero-order valence-corrected chi connectivity index (χ0v) is 10.9. The Morgan fingerprint density at radius 2 is 0.773 bits per heavy atom. The first-order valence-corrected chi connectivity index (χ1v) is 6.05. The predicted molar refractivity (Wildman–Crippen MR) is 70.0 cm³/mol. The third-order valence-corrected chi connectivity index (χ3v) is 2.68. The molecule has 0 radical (unpaired) electrons. The van der Waals surface area contributed by atoms with Gasteiger partial charge in [0.15, 0.2) is 0 Å². The lowest BCUT2D eigenvalue weighted by atomic mass is 10.3. The minimum Gasteiger partial charge on any atom is -0.185 e. The molecule has 0 fully saturated rings. The Morgan fingerprint density at radius 3 is 1.00 bits per heavy atom. The van der Waals surface area contributed by atoms with E-state index >= 15 is 0 Å². The van der Waals surface area contributed by atoms with E-state index in [-0.39, 0.29) is 0 Å². The van der Waals surface area contributed by atoms with E-state index in [1.165, 1.54) is 36.4 Å². The van der Waals surface area contributed by atoms with Gasteiger partial charge in [0.1, 0.15) is 0 Å². The fourth-order valence-electron chi connectivity index (χ4n) is 1.89. The van der Waals surface area contributed by atoms with Gasteiger partial charge in [0.05, 0.1) is 11.4 Å². The molecule has 0 aliphatic rings. The van der Waals surface area contributed by atoms with Crippen molar-refractivity contribution in [3.05, 3.63) is 60.7 Å². The smallest absolute Gasteiger partial charge is 0.185 e. The summed E-state index contributed by atoms with van der Waals surface area (Å²) in [7, 11) is 0. The summed E-state index contributed by atoms with van der Waals surface area (Å²) >= 11 is 0. The van der Waals surface area contributed by atoms with E-state index < -0.39 is 34.0 Å². The number of anilines is 2. The summed E-state index contributed by atoms with van der Waals surface area (Å²) < 4.78 is 79.5. The van der Waals surface area contributed by atoms with E-state index in [9.17, 15) is 26.3 Å². The van der Waals surface area contributed by atoms with Gasteiger partial charge in [0, 0.05) is 0 Å². The van der Waals surface area contributed by atoms with Crippen LogP contribution in [0, 0.1) is 0 Å². The summed E-state index contributed by atoms with van der Waals surface area (Å²) in [5.41, 5.74) is -1.28. The number of nitrogens with zero attached hydrogens (tertiary/aromatic N) is 2. The maximum atomic E-state index is 13.3. The molecule has 2 aromatic rings. The number of hydrogen-bond acceptors (Lipinski definition) is 2. The Hall–Kier alpha value is -2.38. The van der Waals surface area contributed by atoms with Crippen LogP contribution in [0.5, 0.6) is 0 Å². The van der Waals surface area contributed by atoms with Gasteiger partial charge in [0.2, 0.25) is 0 Å². The first-order valence-electron chi connectivity index (χ1n) is 6.05. The second-order valence-corrected chi connectivity index (χ2v) is 4.23. The third-order valence-electron chi connectivity index (χ3n) is 2.68. The van der Waals surface area contributed by atoms with Gasteiger partial charge >= 0.3 is 12.6 Å². The van der Waals surface area contributed by atoms with Crippen molar-refractivity contribution < 1.29 is 26.3 Å². The molecule has 0 bridgehead atoms. The van der Waals surface area contributed by atoms with Gasteiger partial charge in [-0.25, -0.2) is 0 Å². The van der Waals surface area contributed by atoms with Crippen LogP contribution in [0.4, 0.5) is 37.7 Å². The predicted octanol–water partition coefficient (Wildman–Crippen LogP) is 4.95. The Bertz CT molecular complexity index is 539. The van der Waals surface area contributed by atoms with Crippen molar-refractivity contribution in [3.63, 3.8) is 0 Å². The van der Waals surface area contributed by atoms with E-state index in [1.807, 2.05) is 0 Å². The average molecular weight is 320 g/mol. The molecule has 2 nitrogen and oxygen atoms in total. The van der Waals surface area contributed by atoms with Gasteiger partial charge in [-0.3, -0.25) is 0 Å². The van der Waals surface area contributed by atoms with Crippen LogP contribution >= 0.6 is 0 Å². The van der Waals surface area contributed by atoms with Crippen molar-refractivity contribution in [2.75, 3.05) is 10.0 Å². The summed E-state index contributed by atoms with van der Waals surface area (Å²) in [5.74, 6) is 0. The normalized spacial score (nSPS) is 12.1. The van der Waals surface area contributed by atoms with Gasteiger partial charge in [-0.2, -0.15) is 10.0 Å². The van der Waals surface area contributed by atoms with Crippen molar-refractivity contribution in [2.24, 2.45) is 0 Å². The molecule has 118 valence electrons. The number of alkyl halides is 6. The van der Waals surface area contributed by atoms with Crippen LogP contribution < -0.4 is 10.0 Å². The zero-order chi connectivity index (χ0) is 16.4. The van der Waals surface area contributed by atoms with Gasteiger partial charge in [-0.15, -0.1) is 26.3 Å². The van der Waals surface area contributed by atoms with Crippen LogP contribution in [-0.4, -0.2) is 12.6 Å². The topological polar surface area (TPSA) is 6.48 Å². The molecular weight excluding hydrogens is 310 g/mol. The fourth-order valence-corrected chi connectivity index (χ4v) is 1.89. The fraction of sp³-hybridized carbons (Fsp3) is 0.143. The van der Waals surface area contributed by atoms with Crippen molar-refractivity contribution in [3.8, 4) is 0 Å². The monoisotopic (exact) mass is 320 g/mol. The Kier molecular flexibility index (Phi) is 4.20. The molecule has 0 saturated carbocycles. The molecule has 0 atom stereocenters. The highest BCUT2D eigenvalue weighted by molar-refractivity contribution is 5.58. The molecule has 22 heavy (non-hydrogen) atoms. The van der Waals surface area contributed by atoms with E-state index in [0.717, 1.165) is 24.3 Å². The van der Waals surface area contributed by atoms with Crippen molar-refractivity contribution in [1.82, 2.24) is 0 Å². The molecule has 0 aliphatic carbocycles. The van der Waals surface area contributed by atoms with Crippen molar-refractivity contribution in [1.29, 1.82) is 0 Å². The van der Waals surface area contributed by atoms with Crippen molar-refractivity contribution in [2.45, 2.75) is 12.6 Å². The van der Waals surface area contributed by atoms with E-state index in [4.69, 9.17) is 0 Å². The molecule has 0 spiro atoms. The van der Waals surface area contributed by atoms with E-state index in [1.54, 1.807) is 0 Å². The summed E-state index contributed by atoms with van der Waals surface area (Å²) in [4.78, 5) is 0. The number of hydrogen-bond donors (Lipinski definition) is 0. The molecule has 0 unspecified atom stereocenters.